The van der Waals surface area contributed by atoms with E-state index in [1.807, 2.05) is 12.2 Å². The Labute approximate surface area is 119 Å². The zero-order chi connectivity index (χ0) is 12.7. The van der Waals surface area contributed by atoms with E-state index in [0.717, 1.165) is 18.1 Å². The van der Waals surface area contributed by atoms with Crippen molar-refractivity contribution >= 4 is 30.7 Å². The first-order chi connectivity index (χ1) is 8.17. The number of benzene rings is 1. The smallest absolute Gasteiger partial charge is 0.0888 e. The van der Waals surface area contributed by atoms with E-state index in [4.69, 9.17) is 0 Å². The Morgan fingerprint density at radius 1 is 1.06 bits per heavy atom. The van der Waals surface area contributed by atoms with E-state index in [1.165, 1.54) is 9.13 Å². The van der Waals surface area contributed by atoms with Crippen LogP contribution in [0.25, 0.3) is 0 Å². The Morgan fingerprint density at radius 2 is 1.65 bits per heavy atom. The van der Waals surface area contributed by atoms with Gasteiger partial charge in [-0.05, 0) is 52.4 Å². The van der Waals surface area contributed by atoms with Crippen LogP contribution in [0.1, 0.15) is 5.56 Å². The number of hydrogen-bond donors (Lipinski definition) is 0. The number of rotatable bonds is 7. The number of hydrogen-bond acceptors (Lipinski definition) is 0. The lowest BCUT2D eigenvalue weighted by atomic mass is 10.2. The molecule has 0 aliphatic heterocycles. The molecular formula is C15H19ISi. The van der Waals surface area contributed by atoms with Crippen molar-refractivity contribution in [3.05, 3.63) is 71.0 Å². The van der Waals surface area contributed by atoms with E-state index in [2.05, 4.69) is 72.3 Å². The maximum atomic E-state index is 4.06. The fourth-order valence-corrected chi connectivity index (χ4v) is 6.15. The summed E-state index contributed by atoms with van der Waals surface area (Å²) in [6, 6.07) is 11.9. The summed E-state index contributed by atoms with van der Waals surface area (Å²) in [7, 11) is -1.52. The molecule has 90 valence electrons. The van der Waals surface area contributed by atoms with Crippen LogP contribution in [0.4, 0.5) is 0 Å². The topological polar surface area (TPSA) is 0 Å². The highest BCUT2D eigenvalue weighted by atomic mass is 127. The second kappa shape index (κ2) is 6.96. The van der Waals surface area contributed by atoms with Crippen molar-refractivity contribution in [2.75, 3.05) is 0 Å². The lowest BCUT2D eigenvalue weighted by Crippen LogP contribution is -2.34. The molecule has 0 saturated heterocycles. The van der Waals surface area contributed by atoms with Gasteiger partial charge in [0.25, 0.3) is 0 Å². The Balaban J connectivity index is 3.00. The van der Waals surface area contributed by atoms with Crippen LogP contribution in [0.2, 0.25) is 12.1 Å². The van der Waals surface area contributed by atoms with Crippen LogP contribution in [0.3, 0.4) is 0 Å². The van der Waals surface area contributed by atoms with Gasteiger partial charge in [-0.1, -0.05) is 30.4 Å². The molecule has 0 spiro atoms. The molecule has 1 rings (SSSR count). The highest BCUT2D eigenvalue weighted by Gasteiger charge is 2.27. The van der Waals surface area contributed by atoms with Crippen molar-refractivity contribution in [1.29, 1.82) is 0 Å². The molecule has 0 saturated carbocycles. The van der Waals surface area contributed by atoms with E-state index in [9.17, 15) is 0 Å². The molecular weight excluding hydrogens is 335 g/mol. The minimum absolute atomic E-state index is 1.08. The molecule has 0 bridgehead atoms. The minimum atomic E-state index is -1.52. The van der Waals surface area contributed by atoms with Crippen molar-refractivity contribution in [3.8, 4) is 0 Å². The molecule has 1 aromatic rings. The minimum Gasteiger partial charge on any atom is -0.107 e. The van der Waals surface area contributed by atoms with Crippen LogP contribution >= 0.6 is 22.6 Å². The van der Waals surface area contributed by atoms with Gasteiger partial charge in [-0.15, -0.1) is 25.4 Å². The molecule has 0 atom stereocenters. The fraction of sp³-hybridized carbons (Fsp3) is 0.200. The summed E-state index contributed by atoms with van der Waals surface area (Å²) in [6.45, 7) is 11.8. The summed E-state index contributed by atoms with van der Waals surface area (Å²) in [5.41, 5.74) is 3.63. The summed E-state index contributed by atoms with van der Waals surface area (Å²) < 4.78 is 1.34. The van der Waals surface area contributed by atoms with Gasteiger partial charge in [0.15, 0.2) is 0 Å². The van der Waals surface area contributed by atoms with Gasteiger partial charge in [-0.2, -0.15) is 0 Å². The van der Waals surface area contributed by atoms with Gasteiger partial charge in [-0.3, -0.25) is 0 Å². The largest absolute Gasteiger partial charge is 0.107 e. The predicted octanol–water partition coefficient (Wildman–Crippen LogP) is 4.92. The molecule has 0 amide bonds. The molecule has 0 aliphatic carbocycles. The van der Waals surface area contributed by atoms with Gasteiger partial charge < -0.3 is 0 Å². The first kappa shape index (κ1) is 14.4. The van der Waals surface area contributed by atoms with E-state index in [1.54, 1.807) is 0 Å². The molecule has 0 radical (unpaired) electrons. The molecule has 0 fully saturated rings. The van der Waals surface area contributed by atoms with Crippen LogP contribution in [-0.4, -0.2) is 8.07 Å². The monoisotopic (exact) mass is 354 g/mol. The molecule has 0 heterocycles. The molecule has 0 aliphatic rings. The van der Waals surface area contributed by atoms with E-state index in [-0.39, 0.29) is 0 Å². The van der Waals surface area contributed by atoms with Crippen LogP contribution in [0, 0.1) is 3.57 Å². The molecule has 0 aromatic heterocycles. The maximum absolute atomic E-state index is 4.06. The zero-order valence-corrected chi connectivity index (χ0v) is 13.3. The van der Waals surface area contributed by atoms with E-state index < -0.39 is 8.07 Å². The van der Waals surface area contributed by atoms with E-state index >= 15 is 0 Å². The SMILES string of the molecule is C=CC[Si](C=C)(CC=C)Cc1ccccc1I. The van der Waals surface area contributed by atoms with Crippen molar-refractivity contribution < 1.29 is 0 Å². The van der Waals surface area contributed by atoms with Crippen LogP contribution in [0.5, 0.6) is 0 Å². The van der Waals surface area contributed by atoms with Crippen LogP contribution < -0.4 is 0 Å². The third-order valence-electron chi connectivity index (χ3n) is 3.04. The third kappa shape index (κ3) is 3.96. The van der Waals surface area contributed by atoms with Gasteiger partial charge in [0.2, 0.25) is 0 Å². The lowest BCUT2D eigenvalue weighted by Gasteiger charge is -2.26. The van der Waals surface area contributed by atoms with Crippen molar-refractivity contribution in [2.45, 2.75) is 18.1 Å². The average Bonchev–Trinajstić information content (AvgIpc) is 2.33. The highest BCUT2D eigenvalue weighted by molar-refractivity contribution is 14.1. The molecule has 0 unspecified atom stereocenters. The Bertz CT molecular complexity index is 399. The Morgan fingerprint density at radius 3 is 2.12 bits per heavy atom. The molecule has 17 heavy (non-hydrogen) atoms. The normalized spacial score (nSPS) is 10.9. The van der Waals surface area contributed by atoms with Gasteiger partial charge in [-0.25, -0.2) is 0 Å². The Kier molecular flexibility index (Phi) is 5.92. The van der Waals surface area contributed by atoms with Crippen molar-refractivity contribution in [1.82, 2.24) is 0 Å². The quantitative estimate of drug-likeness (QED) is 0.370. The van der Waals surface area contributed by atoms with Gasteiger partial charge in [0.1, 0.15) is 0 Å². The second-order valence-corrected chi connectivity index (χ2v) is 9.79. The second-order valence-electron chi connectivity index (χ2n) is 4.32. The van der Waals surface area contributed by atoms with Gasteiger partial charge in [0, 0.05) is 3.57 Å². The Hall–Kier alpha value is -0.613. The molecule has 1 aromatic carbocycles. The summed E-state index contributed by atoms with van der Waals surface area (Å²) >= 11 is 2.41. The predicted molar refractivity (Wildman–Crippen MR) is 88.8 cm³/mol. The number of allylic oxidation sites excluding steroid dienone is 2. The van der Waals surface area contributed by atoms with E-state index in [0.29, 0.717) is 0 Å². The fourth-order valence-electron chi connectivity index (χ4n) is 2.06. The van der Waals surface area contributed by atoms with Crippen LogP contribution in [0.15, 0.2) is 61.9 Å². The molecule has 0 nitrogen and oxygen atoms in total. The first-order valence-electron chi connectivity index (χ1n) is 5.76. The highest BCUT2D eigenvalue weighted by Crippen LogP contribution is 2.25. The lowest BCUT2D eigenvalue weighted by molar-refractivity contribution is 1.24. The summed E-state index contributed by atoms with van der Waals surface area (Å²) in [5.74, 6) is 0. The van der Waals surface area contributed by atoms with Gasteiger partial charge in [0.05, 0.1) is 8.07 Å². The number of halogens is 1. The zero-order valence-electron chi connectivity index (χ0n) is 10.2. The third-order valence-corrected chi connectivity index (χ3v) is 8.24. The summed E-state index contributed by atoms with van der Waals surface area (Å²) in [6.07, 6.45) is 4.07. The summed E-state index contributed by atoms with van der Waals surface area (Å²) in [4.78, 5) is 0. The maximum Gasteiger partial charge on any atom is 0.0888 e. The molecule has 2 heteroatoms. The van der Waals surface area contributed by atoms with Crippen molar-refractivity contribution in [2.24, 2.45) is 0 Å². The standard InChI is InChI=1S/C15H19ISi/c1-4-11-17(6-3,12-5-2)13-14-9-7-8-10-15(14)16/h4-10H,1-3,11-13H2. The van der Waals surface area contributed by atoms with Crippen LogP contribution in [-0.2, 0) is 6.04 Å². The van der Waals surface area contributed by atoms with Gasteiger partial charge >= 0.3 is 0 Å². The first-order valence-corrected chi connectivity index (χ1v) is 9.54. The van der Waals surface area contributed by atoms with Crippen molar-refractivity contribution in [3.63, 3.8) is 0 Å². The average molecular weight is 354 g/mol. The summed E-state index contributed by atoms with van der Waals surface area (Å²) in [5, 5.41) is 0. The molecule has 0 N–H and O–H groups in total.